The molecule has 5 nitrogen and oxygen atoms in total. The highest BCUT2D eigenvalue weighted by atomic mass is 32.2. The van der Waals surface area contributed by atoms with Crippen LogP contribution in [0, 0.1) is 0 Å². The van der Waals surface area contributed by atoms with E-state index in [4.69, 9.17) is 5.73 Å². The third-order valence-corrected chi connectivity index (χ3v) is 4.44. The summed E-state index contributed by atoms with van der Waals surface area (Å²) in [5, 5.41) is 0. The summed E-state index contributed by atoms with van der Waals surface area (Å²) in [6.07, 6.45) is 3.27. The fourth-order valence-corrected chi connectivity index (χ4v) is 2.66. The molecule has 0 aromatic rings. The molecule has 16 heavy (non-hydrogen) atoms. The SMILES string of the molecule is CCC(N)CCN1CCN(S(C)(=O)=O)CC1. The van der Waals surface area contributed by atoms with Crippen LogP contribution in [0.15, 0.2) is 0 Å². The van der Waals surface area contributed by atoms with E-state index in [1.807, 2.05) is 0 Å². The molecule has 0 aromatic heterocycles. The van der Waals surface area contributed by atoms with Crippen LogP contribution in [0.3, 0.4) is 0 Å². The largest absolute Gasteiger partial charge is 0.328 e. The van der Waals surface area contributed by atoms with Crippen LogP contribution < -0.4 is 5.73 Å². The van der Waals surface area contributed by atoms with Crippen molar-refractivity contribution >= 4 is 10.0 Å². The van der Waals surface area contributed by atoms with Crippen molar-refractivity contribution in [3.8, 4) is 0 Å². The van der Waals surface area contributed by atoms with E-state index in [0.717, 1.165) is 32.5 Å². The molecule has 1 unspecified atom stereocenters. The highest BCUT2D eigenvalue weighted by molar-refractivity contribution is 7.88. The molecule has 0 amide bonds. The van der Waals surface area contributed by atoms with Crippen molar-refractivity contribution in [1.82, 2.24) is 9.21 Å². The average Bonchev–Trinajstić information content (AvgIpc) is 2.25. The summed E-state index contributed by atoms with van der Waals surface area (Å²) in [6, 6.07) is 0.271. The van der Waals surface area contributed by atoms with Crippen LogP contribution >= 0.6 is 0 Å². The van der Waals surface area contributed by atoms with Gasteiger partial charge in [0.1, 0.15) is 0 Å². The van der Waals surface area contributed by atoms with Crippen LogP contribution in [0.1, 0.15) is 19.8 Å². The second-order valence-corrected chi connectivity index (χ2v) is 6.44. The number of nitrogens with zero attached hydrogens (tertiary/aromatic N) is 2. The van der Waals surface area contributed by atoms with Crippen LogP contribution in [-0.2, 0) is 10.0 Å². The molecule has 1 atom stereocenters. The minimum atomic E-state index is -3.00. The maximum atomic E-state index is 11.3. The van der Waals surface area contributed by atoms with Gasteiger partial charge in [-0.3, -0.25) is 0 Å². The zero-order chi connectivity index (χ0) is 12.2. The quantitative estimate of drug-likeness (QED) is 0.726. The summed E-state index contributed by atoms with van der Waals surface area (Å²) in [7, 11) is -3.00. The van der Waals surface area contributed by atoms with Crippen LogP contribution in [0.4, 0.5) is 0 Å². The van der Waals surface area contributed by atoms with Crippen molar-refractivity contribution in [3.63, 3.8) is 0 Å². The molecule has 0 radical (unpaired) electrons. The molecule has 1 saturated heterocycles. The molecule has 1 rings (SSSR count). The molecule has 0 spiro atoms. The molecule has 0 bridgehead atoms. The third-order valence-electron chi connectivity index (χ3n) is 3.14. The predicted octanol–water partition coefficient (Wildman–Crippen LogP) is -0.309. The van der Waals surface area contributed by atoms with E-state index in [9.17, 15) is 8.42 Å². The molecule has 6 heteroatoms. The number of sulfonamides is 1. The van der Waals surface area contributed by atoms with E-state index in [-0.39, 0.29) is 6.04 Å². The fourth-order valence-electron chi connectivity index (χ4n) is 1.84. The Morgan fingerprint density at radius 2 is 1.81 bits per heavy atom. The molecule has 2 N–H and O–H groups in total. The minimum Gasteiger partial charge on any atom is -0.328 e. The molecule has 0 saturated carbocycles. The number of hydrogen-bond donors (Lipinski definition) is 1. The van der Waals surface area contributed by atoms with Gasteiger partial charge in [0.05, 0.1) is 6.26 Å². The zero-order valence-electron chi connectivity index (χ0n) is 10.2. The first-order valence-electron chi connectivity index (χ1n) is 5.86. The molecular weight excluding hydrogens is 226 g/mol. The van der Waals surface area contributed by atoms with Gasteiger partial charge in [0.2, 0.25) is 10.0 Å². The van der Waals surface area contributed by atoms with Gasteiger partial charge in [-0.05, 0) is 19.4 Å². The maximum Gasteiger partial charge on any atom is 0.211 e. The van der Waals surface area contributed by atoms with Crippen molar-refractivity contribution in [2.24, 2.45) is 5.73 Å². The van der Waals surface area contributed by atoms with Crippen LogP contribution in [0.5, 0.6) is 0 Å². The zero-order valence-corrected chi connectivity index (χ0v) is 11.0. The molecular formula is C10H23N3O2S. The summed E-state index contributed by atoms with van der Waals surface area (Å²) in [5.41, 5.74) is 5.85. The lowest BCUT2D eigenvalue weighted by atomic mass is 10.1. The van der Waals surface area contributed by atoms with E-state index in [0.29, 0.717) is 13.1 Å². The molecule has 1 fully saturated rings. The topological polar surface area (TPSA) is 66.6 Å². The lowest BCUT2D eigenvalue weighted by Crippen LogP contribution is -2.48. The Hall–Kier alpha value is -0.170. The average molecular weight is 249 g/mol. The van der Waals surface area contributed by atoms with E-state index in [1.165, 1.54) is 6.26 Å². The Labute approximate surface area is 98.6 Å². The molecule has 1 aliphatic heterocycles. The molecule has 1 heterocycles. The van der Waals surface area contributed by atoms with Gasteiger partial charge in [-0.15, -0.1) is 0 Å². The van der Waals surface area contributed by atoms with Gasteiger partial charge in [-0.2, -0.15) is 4.31 Å². The van der Waals surface area contributed by atoms with Crippen molar-refractivity contribution in [2.45, 2.75) is 25.8 Å². The van der Waals surface area contributed by atoms with Gasteiger partial charge >= 0.3 is 0 Å². The van der Waals surface area contributed by atoms with E-state index < -0.39 is 10.0 Å². The smallest absolute Gasteiger partial charge is 0.211 e. The molecule has 0 aromatic carbocycles. The van der Waals surface area contributed by atoms with Crippen molar-refractivity contribution in [1.29, 1.82) is 0 Å². The lowest BCUT2D eigenvalue weighted by Gasteiger charge is -2.33. The van der Waals surface area contributed by atoms with Gasteiger partial charge in [0.25, 0.3) is 0 Å². The predicted molar refractivity (Wildman–Crippen MR) is 65.7 cm³/mol. The first kappa shape index (κ1) is 13.9. The van der Waals surface area contributed by atoms with Gasteiger partial charge < -0.3 is 10.6 Å². The minimum absolute atomic E-state index is 0.271. The Bertz CT molecular complexity index is 297. The summed E-state index contributed by atoms with van der Waals surface area (Å²) >= 11 is 0. The highest BCUT2D eigenvalue weighted by Crippen LogP contribution is 2.07. The van der Waals surface area contributed by atoms with Crippen LogP contribution in [0.2, 0.25) is 0 Å². The normalized spacial score (nSPS) is 22.2. The van der Waals surface area contributed by atoms with Crippen molar-refractivity contribution in [3.05, 3.63) is 0 Å². The van der Waals surface area contributed by atoms with Gasteiger partial charge in [0, 0.05) is 32.2 Å². The molecule has 1 aliphatic rings. The van der Waals surface area contributed by atoms with Crippen LogP contribution in [0.25, 0.3) is 0 Å². The Morgan fingerprint density at radius 3 is 2.25 bits per heavy atom. The first-order chi connectivity index (χ1) is 7.43. The fraction of sp³-hybridized carbons (Fsp3) is 1.00. The highest BCUT2D eigenvalue weighted by Gasteiger charge is 2.22. The van der Waals surface area contributed by atoms with Gasteiger partial charge in [0.15, 0.2) is 0 Å². The Balaban J connectivity index is 2.27. The Kier molecular flexibility index (Phi) is 5.17. The number of nitrogens with two attached hydrogens (primary N) is 1. The van der Waals surface area contributed by atoms with Gasteiger partial charge in [-0.25, -0.2) is 8.42 Å². The first-order valence-corrected chi connectivity index (χ1v) is 7.71. The second kappa shape index (κ2) is 5.95. The number of piperazine rings is 1. The lowest BCUT2D eigenvalue weighted by molar-refractivity contribution is 0.183. The van der Waals surface area contributed by atoms with Gasteiger partial charge in [-0.1, -0.05) is 6.92 Å². The second-order valence-electron chi connectivity index (χ2n) is 4.46. The third kappa shape index (κ3) is 4.37. The Morgan fingerprint density at radius 1 is 1.25 bits per heavy atom. The van der Waals surface area contributed by atoms with Crippen molar-refractivity contribution in [2.75, 3.05) is 39.0 Å². The van der Waals surface area contributed by atoms with E-state index >= 15 is 0 Å². The maximum absolute atomic E-state index is 11.3. The van der Waals surface area contributed by atoms with E-state index in [1.54, 1.807) is 4.31 Å². The van der Waals surface area contributed by atoms with Crippen LogP contribution in [-0.4, -0.2) is 62.6 Å². The summed E-state index contributed by atoms with van der Waals surface area (Å²) in [6.45, 7) is 5.94. The van der Waals surface area contributed by atoms with Crippen molar-refractivity contribution < 1.29 is 8.42 Å². The van der Waals surface area contributed by atoms with E-state index in [2.05, 4.69) is 11.8 Å². The summed E-state index contributed by atoms with van der Waals surface area (Å²) in [4.78, 5) is 2.29. The molecule has 0 aliphatic carbocycles. The standard InChI is InChI=1S/C10H23N3O2S/c1-3-10(11)4-5-12-6-8-13(9-7-12)16(2,14)15/h10H,3-9,11H2,1-2H3. The number of rotatable bonds is 5. The summed E-state index contributed by atoms with van der Waals surface area (Å²) < 4.78 is 24.1. The monoisotopic (exact) mass is 249 g/mol. The molecule has 96 valence electrons. The number of hydrogen-bond acceptors (Lipinski definition) is 4. The summed E-state index contributed by atoms with van der Waals surface area (Å²) in [5.74, 6) is 0.